The van der Waals surface area contributed by atoms with Gasteiger partial charge in [-0.15, -0.1) is 10.2 Å². The third kappa shape index (κ3) is 5.09. The Balaban J connectivity index is 1.59. The van der Waals surface area contributed by atoms with Crippen LogP contribution in [0.4, 0.5) is 11.4 Å². The van der Waals surface area contributed by atoms with E-state index in [1.165, 1.54) is 24.0 Å². The SMILES string of the molecule is CCc1cccc(CC)c1NC(=S)N=Nc1c(O)n(CN2CCC(C)CC2)c2ccccc12. The van der Waals surface area contributed by atoms with Crippen molar-refractivity contribution in [3.05, 3.63) is 53.6 Å². The number of aromatic nitrogens is 1. The van der Waals surface area contributed by atoms with Gasteiger partial charge in [0.25, 0.3) is 0 Å². The summed E-state index contributed by atoms with van der Waals surface area (Å²) in [6.07, 6.45) is 4.18. The van der Waals surface area contributed by atoms with Crippen molar-refractivity contribution in [3.8, 4) is 5.88 Å². The van der Waals surface area contributed by atoms with Crippen molar-refractivity contribution in [2.75, 3.05) is 18.4 Å². The van der Waals surface area contributed by atoms with Gasteiger partial charge in [0, 0.05) is 24.2 Å². The Morgan fingerprint density at radius 2 is 1.73 bits per heavy atom. The lowest BCUT2D eigenvalue weighted by molar-refractivity contribution is 0.151. The van der Waals surface area contributed by atoms with Crippen LogP contribution in [0.2, 0.25) is 0 Å². The van der Waals surface area contributed by atoms with E-state index in [4.69, 9.17) is 12.2 Å². The zero-order chi connectivity index (χ0) is 23.4. The minimum absolute atomic E-state index is 0.129. The fourth-order valence-electron chi connectivity index (χ4n) is 4.55. The number of aromatic hydroxyl groups is 1. The molecule has 0 atom stereocenters. The molecule has 1 aliphatic rings. The zero-order valence-electron chi connectivity index (χ0n) is 19.7. The largest absolute Gasteiger partial charge is 0.493 e. The molecule has 7 heteroatoms. The number of likely N-dealkylation sites (tertiary alicyclic amines) is 1. The summed E-state index contributed by atoms with van der Waals surface area (Å²) in [4.78, 5) is 2.38. The predicted molar refractivity (Wildman–Crippen MR) is 140 cm³/mol. The lowest BCUT2D eigenvalue weighted by Crippen LogP contribution is -2.34. The minimum atomic E-state index is 0.129. The first-order valence-electron chi connectivity index (χ1n) is 11.9. The highest BCUT2D eigenvalue weighted by Gasteiger charge is 2.21. The number of para-hydroxylation sites is 2. The number of nitrogens with one attached hydrogen (secondary N) is 1. The topological polar surface area (TPSA) is 65.2 Å². The molecule has 1 aliphatic heterocycles. The average molecular weight is 464 g/mol. The maximum Gasteiger partial charge on any atom is 0.221 e. The van der Waals surface area contributed by atoms with Gasteiger partial charge in [-0.3, -0.25) is 9.47 Å². The number of nitrogens with zero attached hydrogens (tertiary/aromatic N) is 4. The summed E-state index contributed by atoms with van der Waals surface area (Å²) in [5, 5.41) is 24.2. The highest BCUT2D eigenvalue weighted by molar-refractivity contribution is 7.80. The third-order valence-corrected chi connectivity index (χ3v) is 6.79. The predicted octanol–water partition coefficient (Wildman–Crippen LogP) is 6.64. The van der Waals surface area contributed by atoms with E-state index in [0.717, 1.165) is 48.4 Å². The van der Waals surface area contributed by atoms with Crippen LogP contribution in [-0.4, -0.2) is 32.8 Å². The summed E-state index contributed by atoms with van der Waals surface area (Å²) in [6.45, 7) is 9.27. The second-order valence-electron chi connectivity index (χ2n) is 8.85. The molecule has 2 heterocycles. The monoisotopic (exact) mass is 463 g/mol. The molecule has 6 nitrogen and oxygen atoms in total. The molecule has 174 valence electrons. The third-order valence-electron chi connectivity index (χ3n) is 6.61. The molecule has 4 rings (SSSR count). The van der Waals surface area contributed by atoms with E-state index < -0.39 is 0 Å². The van der Waals surface area contributed by atoms with Crippen LogP contribution in [0.3, 0.4) is 0 Å². The number of hydrogen-bond acceptors (Lipinski definition) is 4. The molecule has 2 aromatic carbocycles. The first-order chi connectivity index (χ1) is 16.0. The average Bonchev–Trinajstić information content (AvgIpc) is 3.10. The van der Waals surface area contributed by atoms with Crippen molar-refractivity contribution in [1.82, 2.24) is 9.47 Å². The molecule has 2 N–H and O–H groups in total. The van der Waals surface area contributed by atoms with Crippen molar-refractivity contribution in [3.63, 3.8) is 0 Å². The van der Waals surface area contributed by atoms with Crippen LogP contribution in [-0.2, 0) is 19.5 Å². The van der Waals surface area contributed by atoms with E-state index >= 15 is 0 Å². The standard InChI is InChI=1S/C26H33N5OS/c1-4-19-9-8-10-20(5-2)23(19)27-26(33)29-28-24-21-11-6-7-12-22(21)31(25(24)32)17-30-15-13-18(3)14-16-30/h6-12,18,32H,4-5,13-17H2,1-3H3,(H,27,33). The molecule has 0 unspecified atom stereocenters. The Labute approximate surface area is 201 Å². The van der Waals surface area contributed by atoms with Gasteiger partial charge >= 0.3 is 0 Å². The van der Waals surface area contributed by atoms with Crippen molar-refractivity contribution in [2.45, 2.75) is 53.1 Å². The fraction of sp³-hybridized carbons (Fsp3) is 0.423. The number of fused-ring (bicyclic) bond motifs is 1. The van der Waals surface area contributed by atoms with E-state index in [1.54, 1.807) is 0 Å². The lowest BCUT2D eigenvalue weighted by atomic mass is 10.00. The molecular formula is C26H33N5OS. The first-order valence-corrected chi connectivity index (χ1v) is 12.3. The normalized spacial score (nSPS) is 15.5. The zero-order valence-corrected chi connectivity index (χ0v) is 20.5. The number of aryl methyl sites for hydroxylation is 2. The Morgan fingerprint density at radius 3 is 2.39 bits per heavy atom. The van der Waals surface area contributed by atoms with Gasteiger partial charge in [-0.05, 0) is 61.0 Å². The molecular weight excluding hydrogens is 430 g/mol. The van der Waals surface area contributed by atoms with Crippen LogP contribution in [0.5, 0.6) is 5.88 Å². The van der Waals surface area contributed by atoms with Gasteiger partial charge in [-0.1, -0.05) is 57.2 Å². The molecule has 0 amide bonds. The summed E-state index contributed by atoms with van der Waals surface area (Å²) in [5.41, 5.74) is 4.81. The fourth-order valence-corrected chi connectivity index (χ4v) is 4.69. The highest BCUT2D eigenvalue weighted by Crippen LogP contribution is 2.39. The van der Waals surface area contributed by atoms with Crippen molar-refractivity contribution >= 4 is 39.6 Å². The molecule has 0 radical (unpaired) electrons. The van der Waals surface area contributed by atoms with E-state index in [2.05, 4.69) is 59.4 Å². The second kappa shape index (κ2) is 10.4. The quantitative estimate of drug-likeness (QED) is 0.318. The molecule has 33 heavy (non-hydrogen) atoms. The van der Waals surface area contributed by atoms with Crippen LogP contribution >= 0.6 is 12.2 Å². The number of anilines is 1. The Morgan fingerprint density at radius 1 is 1.06 bits per heavy atom. The number of piperidine rings is 1. The van der Waals surface area contributed by atoms with Crippen LogP contribution in [0.15, 0.2) is 52.7 Å². The Kier molecular flexibility index (Phi) is 7.40. The maximum absolute atomic E-state index is 11.1. The lowest BCUT2D eigenvalue weighted by Gasteiger charge is -2.30. The van der Waals surface area contributed by atoms with Crippen molar-refractivity contribution in [2.24, 2.45) is 16.1 Å². The van der Waals surface area contributed by atoms with E-state index in [9.17, 15) is 5.11 Å². The number of rotatable bonds is 6. The van der Waals surface area contributed by atoms with Crippen LogP contribution in [0.25, 0.3) is 10.9 Å². The smallest absolute Gasteiger partial charge is 0.221 e. The summed E-state index contributed by atoms with van der Waals surface area (Å²) in [5.74, 6) is 0.893. The van der Waals surface area contributed by atoms with Gasteiger partial charge in [0.2, 0.25) is 11.0 Å². The molecule has 0 aliphatic carbocycles. The number of azo groups is 1. The highest BCUT2D eigenvalue weighted by atomic mass is 32.1. The van der Waals surface area contributed by atoms with Crippen LogP contribution < -0.4 is 5.32 Å². The molecule has 3 aromatic rings. The number of benzene rings is 2. The number of thiocarbonyl (C=S) groups is 1. The number of hydrogen-bond donors (Lipinski definition) is 2. The van der Waals surface area contributed by atoms with Gasteiger partial charge < -0.3 is 10.4 Å². The van der Waals surface area contributed by atoms with E-state index in [0.29, 0.717) is 12.4 Å². The molecule has 1 aromatic heterocycles. The molecule has 0 saturated carbocycles. The van der Waals surface area contributed by atoms with Crippen LogP contribution in [0.1, 0.15) is 44.7 Å². The van der Waals surface area contributed by atoms with E-state index in [1.807, 2.05) is 28.8 Å². The van der Waals surface area contributed by atoms with Gasteiger partial charge in [0.05, 0.1) is 12.2 Å². The van der Waals surface area contributed by atoms with E-state index in [-0.39, 0.29) is 11.0 Å². The molecule has 1 saturated heterocycles. The molecule has 0 bridgehead atoms. The maximum atomic E-state index is 11.1. The van der Waals surface area contributed by atoms with Crippen molar-refractivity contribution < 1.29 is 5.11 Å². The van der Waals surface area contributed by atoms with Crippen LogP contribution in [0, 0.1) is 5.92 Å². The Hall–Kier alpha value is -2.77. The first kappa shape index (κ1) is 23.4. The van der Waals surface area contributed by atoms with Crippen molar-refractivity contribution in [1.29, 1.82) is 0 Å². The summed E-state index contributed by atoms with van der Waals surface area (Å²) in [6, 6.07) is 14.2. The molecule has 1 fully saturated rings. The summed E-state index contributed by atoms with van der Waals surface area (Å²) < 4.78 is 1.93. The Bertz CT molecular complexity index is 1140. The van der Waals surface area contributed by atoms with Gasteiger partial charge in [0.1, 0.15) is 0 Å². The minimum Gasteiger partial charge on any atom is -0.493 e. The van der Waals surface area contributed by atoms with Gasteiger partial charge in [-0.25, -0.2) is 0 Å². The van der Waals surface area contributed by atoms with Gasteiger partial charge in [0.15, 0.2) is 5.69 Å². The summed E-state index contributed by atoms with van der Waals surface area (Å²) in [7, 11) is 0. The second-order valence-corrected chi connectivity index (χ2v) is 9.23. The van der Waals surface area contributed by atoms with Gasteiger partial charge in [-0.2, -0.15) is 0 Å². The summed E-state index contributed by atoms with van der Waals surface area (Å²) >= 11 is 5.50. The molecule has 0 spiro atoms.